The Hall–Kier alpha value is -2.89. The first-order valence-electron chi connectivity index (χ1n) is 8.57. The highest BCUT2D eigenvalue weighted by molar-refractivity contribution is 7.89. The lowest BCUT2D eigenvalue weighted by molar-refractivity contribution is -0.385. The lowest BCUT2D eigenvalue weighted by atomic mass is 10.2. The van der Waals surface area contributed by atoms with Gasteiger partial charge in [0.1, 0.15) is 10.6 Å². The van der Waals surface area contributed by atoms with Crippen LogP contribution < -0.4 is 9.46 Å². The molecule has 29 heavy (non-hydrogen) atoms. The maximum atomic E-state index is 12.6. The van der Waals surface area contributed by atoms with E-state index in [1.807, 2.05) is 17.5 Å². The normalized spacial score (nSPS) is 11.3. The number of benzene rings is 1. The van der Waals surface area contributed by atoms with Crippen LogP contribution in [0.4, 0.5) is 5.69 Å². The van der Waals surface area contributed by atoms with E-state index in [2.05, 4.69) is 14.7 Å². The number of hydrogen-bond acceptors (Lipinski definition) is 8. The summed E-state index contributed by atoms with van der Waals surface area (Å²) in [6.45, 7) is 0.165. The van der Waals surface area contributed by atoms with Gasteiger partial charge in [-0.2, -0.15) is 0 Å². The van der Waals surface area contributed by atoms with Gasteiger partial charge in [0.2, 0.25) is 10.0 Å². The predicted molar refractivity (Wildman–Crippen MR) is 109 cm³/mol. The number of pyridine rings is 1. The van der Waals surface area contributed by atoms with Crippen molar-refractivity contribution in [2.24, 2.45) is 0 Å². The third-order valence-electron chi connectivity index (χ3n) is 4.03. The summed E-state index contributed by atoms with van der Waals surface area (Å²) in [6.07, 6.45) is 4.53. The standard InChI is InChI=1S/C18H18N4O5S2/c1-27-16-5-4-14(22(23)24)11-17(16)29(25,26)20-8-2-3-18-21-15(12-28-18)13-6-9-19-10-7-13/h4-7,9-12,20H,2-3,8H2,1H3. The first kappa shape index (κ1) is 20.8. The Morgan fingerprint density at radius 1 is 1.24 bits per heavy atom. The molecule has 0 saturated heterocycles. The summed E-state index contributed by atoms with van der Waals surface area (Å²) >= 11 is 1.51. The van der Waals surface area contributed by atoms with Crippen LogP contribution in [-0.2, 0) is 16.4 Å². The van der Waals surface area contributed by atoms with Crippen molar-refractivity contribution in [2.75, 3.05) is 13.7 Å². The highest BCUT2D eigenvalue weighted by Crippen LogP contribution is 2.28. The van der Waals surface area contributed by atoms with Gasteiger partial charge in [-0.3, -0.25) is 15.1 Å². The molecule has 1 N–H and O–H groups in total. The van der Waals surface area contributed by atoms with Crippen molar-refractivity contribution in [1.29, 1.82) is 0 Å². The molecule has 0 radical (unpaired) electrons. The van der Waals surface area contributed by atoms with Gasteiger partial charge in [-0.15, -0.1) is 11.3 Å². The Labute approximate surface area is 171 Å². The highest BCUT2D eigenvalue weighted by atomic mass is 32.2. The van der Waals surface area contributed by atoms with Gasteiger partial charge in [-0.05, 0) is 24.6 Å². The molecule has 3 aromatic rings. The molecule has 0 unspecified atom stereocenters. The van der Waals surface area contributed by atoms with Crippen molar-refractivity contribution in [3.8, 4) is 17.0 Å². The second-order valence-corrected chi connectivity index (χ2v) is 8.63. The fourth-order valence-corrected chi connectivity index (χ4v) is 4.70. The van der Waals surface area contributed by atoms with Gasteiger partial charge in [0.25, 0.3) is 5.69 Å². The zero-order chi connectivity index (χ0) is 20.9. The van der Waals surface area contributed by atoms with Gasteiger partial charge in [0, 0.05) is 48.4 Å². The third-order valence-corrected chi connectivity index (χ3v) is 6.43. The van der Waals surface area contributed by atoms with E-state index in [-0.39, 0.29) is 22.9 Å². The van der Waals surface area contributed by atoms with Crippen molar-refractivity contribution in [3.63, 3.8) is 0 Å². The molecule has 152 valence electrons. The smallest absolute Gasteiger partial charge is 0.271 e. The molecule has 0 aliphatic heterocycles. The summed E-state index contributed by atoms with van der Waals surface area (Å²) in [4.78, 5) is 18.6. The Kier molecular flexibility index (Phi) is 6.52. The number of nitro groups is 1. The molecule has 0 amide bonds. The van der Waals surface area contributed by atoms with E-state index in [1.165, 1.54) is 30.6 Å². The number of nitro benzene ring substituents is 1. The number of aromatic nitrogens is 2. The lowest BCUT2D eigenvalue weighted by Crippen LogP contribution is -2.25. The number of nitrogens with one attached hydrogen (secondary N) is 1. The van der Waals surface area contributed by atoms with Crippen LogP contribution in [0.5, 0.6) is 5.75 Å². The quantitative estimate of drug-likeness (QED) is 0.312. The van der Waals surface area contributed by atoms with Crippen molar-refractivity contribution in [1.82, 2.24) is 14.7 Å². The third kappa shape index (κ3) is 5.13. The molecule has 11 heteroatoms. The molecule has 0 atom stereocenters. The minimum Gasteiger partial charge on any atom is -0.495 e. The highest BCUT2D eigenvalue weighted by Gasteiger charge is 2.22. The van der Waals surface area contributed by atoms with Crippen LogP contribution in [0.3, 0.4) is 0 Å². The van der Waals surface area contributed by atoms with Crippen LogP contribution in [0.2, 0.25) is 0 Å². The molecule has 2 heterocycles. The molecule has 0 aliphatic rings. The summed E-state index contributed by atoms with van der Waals surface area (Å²) in [7, 11) is -2.65. The number of hydrogen-bond donors (Lipinski definition) is 1. The monoisotopic (exact) mass is 434 g/mol. The number of ether oxygens (including phenoxy) is 1. The molecule has 3 rings (SSSR count). The number of thiazole rings is 1. The van der Waals surface area contributed by atoms with Crippen molar-refractivity contribution < 1.29 is 18.1 Å². The van der Waals surface area contributed by atoms with Crippen molar-refractivity contribution in [3.05, 3.63) is 63.2 Å². The molecular weight excluding hydrogens is 416 g/mol. The number of sulfonamides is 1. The predicted octanol–water partition coefficient (Wildman–Crippen LogP) is 3.03. The van der Waals surface area contributed by atoms with Crippen LogP contribution in [0.1, 0.15) is 11.4 Å². The summed E-state index contributed by atoms with van der Waals surface area (Å²) in [5.41, 5.74) is 1.51. The fraction of sp³-hybridized carbons (Fsp3) is 0.222. The van der Waals surface area contributed by atoms with E-state index in [4.69, 9.17) is 4.74 Å². The van der Waals surface area contributed by atoms with Gasteiger partial charge in [-0.1, -0.05) is 0 Å². The maximum Gasteiger partial charge on any atom is 0.271 e. The summed E-state index contributed by atoms with van der Waals surface area (Å²) in [6, 6.07) is 7.20. The van der Waals surface area contributed by atoms with E-state index in [9.17, 15) is 18.5 Å². The van der Waals surface area contributed by atoms with Gasteiger partial charge in [-0.25, -0.2) is 18.1 Å². The van der Waals surface area contributed by atoms with Crippen LogP contribution in [0.15, 0.2) is 53.0 Å². The molecule has 0 bridgehead atoms. The average Bonchev–Trinajstić information content (AvgIpc) is 3.20. The number of rotatable bonds is 9. The Balaban J connectivity index is 1.61. The van der Waals surface area contributed by atoms with E-state index in [0.717, 1.165) is 22.3 Å². The van der Waals surface area contributed by atoms with Gasteiger partial charge in [0.05, 0.1) is 22.7 Å². The zero-order valence-corrected chi connectivity index (χ0v) is 17.1. The first-order valence-corrected chi connectivity index (χ1v) is 10.9. The number of aryl methyl sites for hydroxylation is 1. The first-order chi connectivity index (χ1) is 13.9. The fourth-order valence-electron chi connectivity index (χ4n) is 2.59. The Morgan fingerprint density at radius 3 is 2.69 bits per heavy atom. The Morgan fingerprint density at radius 2 is 2.00 bits per heavy atom. The molecule has 1 aromatic carbocycles. The molecule has 0 spiro atoms. The summed E-state index contributed by atoms with van der Waals surface area (Å²) in [5, 5.41) is 13.8. The number of nitrogens with zero attached hydrogens (tertiary/aromatic N) is 3. The molecule has 0 saturated carbocycles. The SMILES string of the molecule is COc1ccc([N+](=O)[O-])cc1S(=O)(=O)NCCCc1nc(-c2ccncc2)cs1. The molecule has 0 fully saturated rings. The van der Waals surface area contributed by atoms with Crippen molar-refractivity contribution >= 4 is 27.0 Å². The van der Waals surface area contributed by atoms with Crippen LogP contribution in [-0.4, -0.2) is 37.0 Å². The Bertz CT molecular complexity index is 1100. The summed E-state index contributed by atoms with van der Waals surface area (Å²) in [5.74, 6) is 0.0463. The largest absolute Gasteiger partial charge is 0.495 e. The molecule has 0 aliphatic carbocycles. The maximum absolute atomic E-state index is 12.6. The second-order valence-electron chi connectivity index (χ2n) is 5.96. The second kappa shape index (κ2) is 9.07. The number of methoxy groups -OCH3 is 1. The minimum absolute atomic E-state index is 0.0463. The average molecular weight is 434 g/mol. The van der Waals surface area contributed by atoms with Crippen molar-refractivity contribution in [2.45, 2.75) is 17.7 Å². The molecular formula is C18H18N4O5S2. The van der Waals surface area contributed by atoms with Crippen LogP contribution in [0, 0.1) is 10.1 Å². The van der Waals surface area contributed by atoms with Gasteiger partial charge >= 0.3 is 0 Å². The van der Waals surface area contributed by atoms with Gasteiger partial charge in [0.15, 0.2) is 0 Å². The van der Waals surface area contributed by atoms with E-state index in [0.29, 0.717) is 12.8 Å². The van der Waals surface area contributed by atoms with Crippen LogP contribution in [0.25, 0.3) is 11.3 Å². The topological polar surface area (TPSA) is 124 Å². The minimum atomic E-state index is -3.95. The molecule has 2 aromatic heterocycles. The number of non-ortho nitro benzene ring substituents is 1. The van der Waals surface area contributed by atoms with E-state index in [1.54, 1.807) is 12.4 Å². The van der Waals surface area contributed by atoms with E-state index < -0.39 is 14.9 Å². The summed E-state index contributed by atoms with van der Waals surface area (Å²) < 4.78 is 32.6. The van der Waals surface area contributed by atoms with Gasteiger partial charge < -0.3 is 4.74 Å². The van der Waals surface area contributed by atoms with E-state index >= 15 is 0 Å². The lowest BCUT2D eigenvalue weighted by Gasteiger charge is -2.10. The molecule has 9 nitrogen and oxygen atoms in total. The van der Waals surface area contributed by atoms with Crippen LogP contribution >= 0.6 is 11.3 Å². The zero-order valence-electron chi connectivity index (χ0n) is 15.4.